The molecule has 5 nitrogen and oxygen atoms in total. The molecule has 1 aliphatic heterocycles. The molecule has 3 heterocycles. The minimum atomic E-state index is -3.04. The third-order valence-electron chi connectivity index (χ3n) is 5.88. The third-order valence-corrected chi connectivity index (χ3v) is 8.30. The Hall–Kier alpha value is -2.51. The van der Waals surface area contributed by atoms with E-state index >= 15 is 0 Å². The van der Waals surface area contributed by atoms with E-state index in [1.807, 2.05) is 30.3 Å². The quantitative estimate of drug-likeness (QED) is 0.606. The highest BCUT2D eigenvalue weighted by atomic mass is 32.2. The van der Waals surface area contributed by atoms with E-state index in [4.69, 9.17) is 4.98 Å². The van der Waals surface area contributed by atoms with Crippen molar-refractivity contribution in [3.05, 3.63) is 63.5 Å². The van der Waals surface area contributed by atoms with Gasteiger partial charge in [-0.2, -0.15) is 0 Å². The van der Waals surface area contributed by atoms with Gasteiger partial charge in [-0.05, 0) is 54.0 Å². The van der Waals surface area contributed by atoms with E-state index in [1.54, 1.807) is 16.2 Å². The topological polar surface area (TPSA) is 67.3 Å². The standard InChI is InChI=1S/C23H22N2O3S2/c26-23(25-10-13-30(27,28)14-11-25)21-18-7-1-2-9-20(18)24-22-16(5-3-8-19(21)22)15-17-6-4-12-29-17/h1-2,4,6-7,9,12,15H,3,5,8,10-11,13-14H2/b16-15-. The zero-order valence-corrected chi connectivity index (χ0v) is 18.1. The van der Waals surface area contributed by atoms with Gasteiger partial charge in [0.2, 0.25) is 0 Å². The van der Waals surface area contributed by atoms with Crippen molar-refractivity contribution in [3.63, 3.8) is 0 Å². The van der Waals surface area contributed by atoms with Crippen molar-refractivity contribution in [1.82, 2.24) is 9.88 Å². The van der Waals surface area contributed by atoms with Crippen LogP contribution in [0.15, 0.2) is 41.8 Å². The highest BCUT2D eigenvalue weighted by Gasteiger charge is 2.31. The van der Waals surface area contributed by atoms with Crippen LogP contribution in [0, 0.1) is 0 Å². The summed E-state index contributed by atoms with van der Waals surface area (Å²) in [6.45, 7) is 0.509. The average Bonchev–Trinajstić information content (AvgIpc) is 3.25. The fourth-order valence-electron chi connectivity index (χ4n) is 4.34. The van der Waals surface area contributed by atoms with Crippen molar-refractivity contribution < 1.29 is 13.2 Å². The van der Waals surface area contributed by atoms with Crippen LogP contribution in [0.2, 0.25) is 0 Å². The van der Waals surface area contributed by atoms with Crippen LogP contribution in [0.3, 0.4) is 0 Å². The molecule has 5 rings (SSSR count). The van der Waals surface area contributed by atoms with Gasteiger partial charge in [0.05, 0.1) is 28.3 Å². The van der Waals surface area contributed by atoms with Gasteiger partial charge >= 0.3 is 0 Å². The molecule has 0 bridgehead atoms. The Labute approximate surface area is 180 Å². The molecule has 1 aliphatic carbocycles. The van der Waals surface area contributed by atoms with Crippen LogP contribution in [0.4, 0.5) is 0 Å². The number of benzene rings is 1. The van der Waals surface area contributed by atoms with E-state index in [0.717, 1.165) is 41.4 Å². The van der Waals surface area contributed by atoms with Crippen LogP contribution in [-0.4, -0.2) is 48.8 Å². The summed E-state index contributed by atoms with van der Waals surface area (Å²) in [5.41, 5.74) is 4.59. The van der Waals surface area contributed by atoms with E-state index < -0.39 is 9.84 Å². The molecule has 3 aromatic rings. The molecule has 0 spiro atoms. The molecule has 7 heteroatoms. The summed E-state index contributed by atoms with van der Waals surface area (Å²) in [4.78, 5) is 21.4. The minimum Gasteiger partial charge on any atom is -0.337 e. The molecular formula is C23H22N2O3S2. The first kappa shape index (κ1) is 19.5. The van der Waals surface area contributed by atoms with Gasteiger partial charge in [-0.25, -0.2) is 13.4 Å². The van der Waals surface area contributed by atoms with Crippen molar-refractivity contribution in [3.8, 4) is 0 Å². The van der Waals surface area contributed by atoms with Gasteiger partial charge in [-0.3, -0.25) is 4.79 Å². The smallest absolute Gasteiger partial charge is 0.254 e. The van der Waals surface area contributed by atoms with Crippen molar-refractivity contribution in [2.45, 2.75) is 19.3 Å². The Morgan fingerprint density at radius 1 is 1.07 bits per heavy atom. The van der Waals surface area contributed by atoms with Gasteiger partial charge in [0.15, 0.2) is 9.84 Å². The second kappa shape index (κ2) is 7.63. The number of hydrogen-bond donors (Lipinski definition) is 0. The number of carbonyl (C=O) groups is 1. The lowest BCUT2D eigenvalue weighted by molar-refractivity contribution is 0.0771. The molecule has 1 saturated heterocycles. The van der Waals surface area contributed by atoms with E-state index in [1.165, 1.54) is 10.5 Å². The van der Waals surface area contributed by atoms with Gasteiger partial charge in [0.1, 0.15) is 0 Å². The first-order valence-electron chi connectivity index (χ1n) is 10.2. The van der Waals surface area contributed by atoms with Crippen LogP contribution in [0.5, 0.6) is 0 Å². The highest BCUT2D eigenvalue weighted by molar-refractivity contribution is 7.91. The number of pyridine rings is 1. The van der Waals surface area contributed by atoms with Gasteiger partial charge in [0, 0.05) is 23.4 Å². The number of aromatic nitrogens is 1. The molecule has 0 atom stereocenters. The Bertz CT molecular complexity index is 1250. The molecule has 0 N–H and O–H groups in total. The summed E-state index contributed by atoms with van der Waals surface area (Å²) in [7, 11) is -3.04. The number of hydrogen-bond acceptors (Lipinski definition) is 5. The summed E-state index contributed by atoms with van der Waals surface area (Å²) >= 11 is 1.69. The number of para-hydroxylation sites is 1. The average molecular weight is 439 g/mol. The second-order valence-corrected chi connectivity index (χ2v) is 11.1. The summed E-state index contributed by atoms with van der Waals surface area (Å²) < 4.78 is 23.7. The Kier molecular flexibility index (Phi) is 4.95. The molecule has 1 aromatic carbocycles. The molecule has 30 heavy (non-hydrogen) atoms. The van der Waals surface area contributed by atoms with Crippen LogP contribution < -0.4 is 0 Å². The van der Waals surface area contributed by atoms with Crippen LogP contribution in [-0.2, 0) is 16.3 Å². The molecule has 1 amide bonds. The maximum atomic E-state index is 13.6. The molecule has 0 saturated carbocycles. The normalized spacial score (nSPS) is 19.7. The number of nitrogens with zero attached hydrogens (tertiary/aromatic N) is 2. The Balaban J connectivity index is 1.65. The third kappa shape index (κ3) is 3.56. The molecule has 0 unspecified atom stereocenters. The maximum Gasteiger partial charge on any atom is 0.254 e. The van der Waals surface area contributed by atoms with Crippen LogP contribution >= 0.6 is 11.3 Å². The SMILES string of the molecule is O=C(c1c2c(nc3ccccc13)/C(=C\c1cccs1)CCC2)N1CCS(=O)(=O)CC1. The van der Waals surface area contributed by atoms with Crippen molar-refractivity contribution in [2.24, 2.45) is 0 Å². The summed E-state index contributed by atoms with van der Waals surface area (Å²) in [6, 6.07) is 11.9. The summed E-state index contributed by atoms with van der Waals surface area (Å²) in [5.74, 6) is -0.00172. The fraction of sp³-hybridized carbons (Fsp3) is 0.304. The number of allylic oxidation sites excluding steroid dienone is 1. The van der Waals surface area contributed by atoms with Gasteiger partial charge in [0.25, 0.3) is 5.91 Å². The van der Waals surface area contributed by atoms with E-state index in [0.29, 0.717) is 5.56 Å². The second-order valence-electron chi connectivity index (χ2n) is 7.81. The van der Waals surface area contributed by atoms with Gasteiger partial charge in [-0.15, -0.1) is 11.3 Å². The van der Waals surface area contributed by atoms with Crippen LogP contribution in [0.1, 0.15) is 39.3 Å². The van der Waals surface area contributed by atoms with Crippen molar-refractivity contribution in [2.75, 3.05) is 24.6 Å². The first-order chi connectivity index (χ1) is 14.5. The number of thiophene rings is 1. The molecule has 154 valence electrons. The summed E-state index contributed by atoms with van der Waals surface area (Å²) in [6.07, 6.45) is 4.90. The molecule has 2 aromatic heterocycles. The number of amides is 1. The zero-order chi connectivity index (χ0) is 20.7. The Morgan fingerprint density at radius 3 is 2.63 bits per heavy atom. The summed E-state index contributed by atoms with van der Waals surface area (Å²) in [5, 5.41) is 2.91. The van der Waals surface area contributed by atoms with Gasteiger partial charge in [-0.1, -0.05) is 24.3 Å². The van der Waals surface area contributed by atoms with E-state index in [9.17, 15) is 13.2 Å². The Morgan fingerprint density at radius 2 is 1.87 bits per heavy atom. The lowest BCUT2D eigenvalue weighted by Gasteiger charge is -2.29. The monoisotopic (exact) mass is 438 g/mol. The van der Waals surface area contributed by atoms with E-state index in [-0.39, 0.29) is 30.5 Å². The van der Waals surface area contributed by atoms with Crippen molar-refractivity contribution >= 4 is 49.6 Å². The van der Waals surface area contributed by atoms with E-state index in [2.05, 4.69) is 17.5 Å². The fourth-order valence-corrected chi connectivity index (χ4v) is 6.22. The van der Waals surface area contributed by atoms with Gasteiger partial charge < -0.3 is 4.90 Å². The number of carbonyl (C=O) groups excluding carboxylic acids is 1. The molecule has 1 fully saturated rings. The van der Waals surface area contributed by atoms with Crippen molar-refractivity contribution in [1.29, 1.82) is 0 Å². The van der Waals surface area contributed by atoms with Crippen LogP contribution in [0.25, 0.3) is 22.6 Å². The zero-order valence-electron chi connectivity index (χ0n) is 16.5. The predicted octanol–water partition coefficient (Wildman–Crippen LogP) is 4.04. The number of fused-ring (bicyclic) bond motifs is 2. The minimum absolute atomic E-state index is 0.0352. The molecule has 0 radical (unpaired) electrons. The molecule has 2 aliphatic rings. The molecular weight excluding hydrogens is 416 g/mol. The lowest BCUT2D eigenvalue weighted by Crippen LogP contribution is -2.44. The lowest BCUT2D eigenvalue weighted by atomic mass is 9.86. The number of rotatable bonds is 2. The predicted molar refractivity (Wildman–Crippen MR) is 121 cm³/mol. The largest absolute Gasteiger partial charge is 0.337 e. The highest BCUT2D eigenvalue weighted by Crippen LogP contribution is 2.37. The first-order valence-corrected chi connectivity index (χ1v) is 12.9. The number of sulfone groups is 1. The maximum absolute atomic E-state index is 13.6.